The minimum atomic E-state index is -1.66. The van der Waals surface area contributed by atoms with Crippen LogP contribution in [0, 0.1) is 0 Å². The summed E-state index contributed by atoms with van der Waals surface area (Å²) in [6.07, 6.45) is 8.31. The smallest absolute Gasteiger partial charge is 0.330 e. The second-order valence-electron chi connectivity index (χ2n) is 10.0. The first-order chi connectivity index (χ1) is 18.3. The van der Waals surface area contributed by atoms with Gasteiger partial charge >= 0.3 is 5.97 Å². The zero-order valence-corrected chi connectivity index (χ0v) is 21.7. The fourth-order valence-electron chi connectivity index (χ4n) is 6.33. The highest BCUT2D eigenvalue weighted by molar-refractivity contribution is 6.31. The van der Waals surface area contributed by atoms with Crippen molar-refractivity contribution in [3.8, 4) is 11.1 Å². The van der Waals surface area contributed by atoms with Gasteiger partial charge in [0.2, 0.25) is 5.91 Å². The number of carboxylic acids is 1. The standard InChI is InChI=1S/C29H33N5O4/c1-3-34(4-2)25(26(30)35)29(28(37)38)22-10-6-5-9-20(22)24(33-29)15-21-19-12-11-17(14-23(19)32-27(21)36)18-8-7-13-31-16-18/h7-8,11-16,24-25,33H,3-6,9-10H2,1-2H3,(H2,30,35)(H,32,36)(H,37,38). The molecule has 0 fully saturated rings. The van der Waals surface area contributed by atoms with Crippen molar-refractivity contribution in [3.63, 3.8) is 0 Å². The van der Waals surface area contributed by atoms with Crippen molar-refractivity contribution in [3.05, 3.63) is 65.5 Å². The van der Waals surface area contributed by atoms with Crippen LogP contribution in [0.2, 0.25) is 0 Å². The number of nitrogens with zero attached hydrogens (tertiary/aromatic N) is 2. The van der Waals surface area contributed by atoms with Crippen molar-refractivity contribution < 1.29 is 19.5 Å². The molecule has 0 spiro atoms. The van der Waals surface area contributed by atoms with E-state index in [-0.39, 0.29) is 5.91 Å². The molecule has 198 valence electrons. The van der Waals surface area contributed by atoms with Gasteiger partial charge < -0.3 is 16.2 Å². The van der Waals surface area contributed by atoms with Crippen molar-refractivity contribution in [1.29, 1.82) is 0 Å². The minimum Gasteiger partial charge on any atom is -0.480 e. The number of carboxylic acid groups (broad SMARTS) is 1. The topological polar surface area (TPSA) is 138 Å². The van der Waals surface area contributed by atoms with Gasteiger partial charge in [-0.1, -0.05) is 32.0 Å². The molecule has 3 unspecified atom stereocenters. The first-order valence-corrected chi connectivity index (χ1v) is 13.2. The number of carbonyl (C=O) groups excluding carboxylic acids is 2. The largest absolute Gasteiger partial charge is 0.480 e. The molecular weight excluding hydrogens is 482 g/mol. The molecule has 2 aliphatic heterocycles. The molecule has 2 aromatic rings. The average Bonchev–Trinajstić information content (AvgIpc) is 3.42. The van der Waals surface area contributed by atoms with Gasteiger partial charge in [0.05, 0.1) is 0 Å². The van der Waals surface area contributed by atoms with Crippen LogP contribution in [0.4, 0.5) is 5.69 Å². The van der Waals surface area contributed by atoms with Crippen molar-refractivity contribution in [2.75, 3.05) is 18.4 Å². The number of hydrogen-bond donors (Lipinski definition) is 4. The molecule has 1 aromatic heterocycles. The van der Waals surface area contributed by atoms with Crippen LogP contribution in [0.3, 0.4) is 0 Å². The lowest BCUT2D eigenvalue weighted by molar-refractivity contribution is -0.149. The second kappa shape index (κ2) is 10.2. The fourth-order valence-corrected chi connectivity index (χ4v) is 6.33. The molecule has 0 bridgehead atoms. The van der Waals surface area contributed by atoms with Crippen molar-refractivity contribution in [2.24, 2.45) is 5.73 Å². The predicted octanol–water partition coefficient (Wildman–Crippen LogP) is 2.95. The lowest BCUT2D eigenvalue weighted by atomic mass is 9.76. The summed E-state index contributed by atoms with van der Waals surface area (Å²) >= 11 is 0. The zero-order valence-electron chi connectivity index (χ0n) is 21.7. The van der Waals surface area contributed by atoms with Crippen LogP contribution in [0.15, 0.2) is 59.9 Å². The van der Waals surface area contributed by atoms with E-state index in [2.05, 4.69) is 15.6 Å². The number of rotatable bonds is 8. The number of nitrogens with one attached hydrogen (secondary N) is 2. The number of carbonyl (C=O) groups is 3. The molecule has 0 saturated carbocycles. The van der Waals surface area contributed by atoms with Crippen molar-refractivity contribution in [2.45, 2.75) is 57.2 Å². The normalized spacial score (nSPS) is 24.3. The summed E-state index contributed by atoms with van der Waals surface area (Å²) in [5.41, 5.74) is 9.69. The maximum absolute atomic E-state index is 13.1. The maximum atomic E-state index is 13.1. The van der Waals surface area contributed by atoms with E-state index in [0.717, 1.165) is 40.7 Å². The predicted molar refractivity (Wildman–Crippen MR) is 145 cm³/mol. The second-order valence-corrected chi connectivity index (χ2v) is 10.0. The Morgan fingerprint density at radius 2 is 1.97 bits per heavy atom. The number of amides is 2. The third-order valence-electron chi connectivity index (χ3n) is 8.07. The SMILES string of the molecule is CCN(CC)C(C(N)=O)C1(C(=O)O)NC(C=C2C(=O)Nc3cc(-c4cccnc4)ccc32)C2=C1CCCC2. The molecule has 9 nitrogen and oxygen atoms in total. The Hall–Kier alpha value is -3.82. The maximum Gasteiger partial charge on any atom is 0.330 e. The number of pyridine rings is 1. The number of aliphatic carboxylic acids is 1. The number of benzene rings is 1. The van der Waals surface area contributed by atoms with Crippen molar-refractivity contribution >= 4 is 29.0 Å². The van der Waals surface area contributed by atoms with E-state index in [1.54, 1.807) is 17.3 Å². The van der Waals surface area contributed by atoms with Crippen LogP contribution in [-0.4, -0.2) is 63.5 Å². The fraction of sp³-hybridized carbons (Fsp3) is 0.379. The highest BCUT2D eigenvalue weighted by Gasteiger charge is 2.59. The average molecular weight is 516 g/mol. The lowest BCUT2D eigenvalue weighted by Gasteiger charge is -2.41. The molecule has 5 rings (SSSR count). The number of fused-ring (bicyclic) bond motifs is 1. The number of hydrogen-bond acceptors (Lipinski definition) is 6. The van der Waals surface area contributed by atoms with E-state index in [1.165, 1.54) is 0 Å². The van der Waals surface area contributed by atoms with Gasteiger partial charge in [0.15, 0.2) is 5.54 Å². The van der Waals surface area contributed by atoms with E-state index >= 15 is 0 Å². The first-order valence-electron chi connectivity index (χ1n) is 13.2. The van der Waals surface area contributed by atoms with Gasteiger partial charge in [-0.15, -0.1) is 0 Å². The minimum absolute atomic E-state index is 0.244. The summed E-state index contributed by atoms with van der Waals surface area (Å²) in [5, 5.41) is 16.9. The van der Waals surface area contributed by atoms with Crippen LogP contribution in [-0.2, 0) is 14.4 Å². The molecule has 1 aromatic carbocycles. The van der Waals surface area contributed by atoms with Crippen LogP contribution in [0.1, 0.15) is 45.1 Å². The number of aromatic nitrogens is 1. The zero-order chi connectivity index (χ0) is 27.0. The molecule has 3 heterocycles. The molecule has 0 saturated heterocycles. The molecule has 1 aliphatic carbocycles. The third-order valence-corrected chi connectivity index (χ3v) is 8.07. The lowest BCUT2D eigenvalue weighted by Crippen LogP contribution is -2.69. The molecule has 9 heteroatoms. The summed E-state index contributed by atoms with van der Waals surface area (Å²) in [6.45, 7) is 4.73. The summed E-state index contributed by atoms with van der Waals surface area (Å²) in [6, 6.07) is 8.01. The van der Waals surface area contributed by atoms with E-state index in [0.29, 0.717) is 37.2 Å². The summed E-state index contributed by atoms with van der Waals surface area (Å²) in [4.78, 5) is 45.0. The summed E-state index contributed by atoms with van der Waals surface area (Å²) < 4.78 is 0. The Morgan fingerprint density at radius 3 is 2.63 bits per heavy atom. The number of anilines is 1. The molecule has 5 N–H and O–H groups in total. The number of nitrogens with two attached hydrogens (primary N) is 1. The Kier molecular flexibility index (Phi) is 6.90. The Bertz CT molecular complexity index is 1350. The molecule has 38 heavy (non-hydrogen) atoms. The van der Waals surface area contributed by atoms with Gasteiger partial charge in [0.1, 0.15) is 6.04 Å². The summed E-state index contributed by atoms with van der Waals surface area (Å²) in [7, 11) is 0. The van der Waals surface area contributed by atoms with E-state index < -0.39 is 29.5 Å². The number of primary amides is 1. The molecule has 2 amide bonds. The van der Waals surface area contributed by atoms with Gasteiger partial charge in [0, 0.05) is 40.8 Å². The molecule has 3 aliphatic rings. The van der Waals surface area contributed by atoms with E-state index in [9.17, 15) is 19.5 Å². The monoisotopic (exact) mass is 515 g/mol. The summed E-state index contributed by atoms with van der Waals surface area (Å²) in [5.74, 6) is -2.05. The molecule has 3 atom stereocenters. The highest BCUT2D eigenvalue weighted by Crippen LogP contribution is 2.45. The number of likely N-dealkylation sites (N-methyl/N-ethyl adjacent to an activating group) is 1. The van der Waals surface area contributed by atoms with Crippen LogP contribution in [0.25, 0.3) is 16.7 Å². The van der Waals surface area contributed by atoms with Crippen LogP contribution < -0.4 is 16.4 Å². The van der Waals surface area contributed by atoms with E-state index in [4.69, 9.17) is 5.73 Å². The van der Waals surface area contributed by atoms with Gasteiger partial charge in [-0.25, -0.2) is 4.79 Å². The Labute approximate surface area is 221 Å². The Balaban J connectivity index is 1.58. The first kappa shape index (κ1) is 25.8. The van der Waals surface area contributed by atoms with E-state index in [1.807, 2.05) is 50.3 Å². The quantitative estimate of drug-likeness (QED) is 0.313. The third kappa shape index (κ3) is 4.12. The van der Waals surface area contributed by atoms with Gasteiger partial charge in [-0.2, -0.15) is 0 Å². The van der Waals surface area contributed by atoms with Crippen LogP contribution in [0.5, 0.6) is 0 Å². The molecule has 0 radical (unpaired) electrons. The van der Waals surface area contributed by atoms with Crippen molar-refractivity contribution in [1.82, 2.24) is 15.2 Å². The Morgan fingerprint density at radius 1 is 1.21 bits per heavy atom. The van der Waals surface area contributed by atoms with Gasteiger partial charge in [-0.05, 0) is 73.7 Å². The van der Waals surface area contributed by atoms with Gasteiger partial charge in [-0.3, -0.25) is 24.8 Å². The molecular formula is C29H33N5O4. The van der Waals surface area contributed by atoms with Gasteiger partial charge in [0.25, 0.3) is 5.91 Å². The highest BCUT2D eigenvalue weighted by atomic mass is 16.4. The van der Waals surface area contributed by atoms with Crippen LogP contribution >= 0.6 is 0 Å².